The maximum Gasteiger partial charge on any atom is 0.210 e. The molecule has 0 amide bonds. The first-order valence-electron chi connectivity index (χ1n) is 7.06. The third-order valence-electron chi connectivity index (χ3n) is 4.03. The van der Waals surface area contributed by atoms with Crippen molar-refractivity contribution >= 4 is 9.84 Å². The second-order valence-electron chi connectivity index (χ2n) is 5.89. The maximum atomic E-state index is 12.6. The molecule has 2 N–H and O–H groups in total. The average molecular weight is 320 g/mol. The molecular formula is C17H20O4S. The van der Waals surface area contributed by atoms with Crippen LogP contribution in [0.25, 0.3) is 0 Å². The van der Waals surface area contributed by atoms with Crippen molar-refractivity contribution in [3.05, 3.63) is 48.0 Å². The molecule has 0 saturated heterocycles. The molecule has 0 aromatic heterocycles. The summed E-state index contributed by atoms with van der Waals surface area (Å²) in [5.74, 6) is -0.475. The van der Waals surface area contributed by atoms with Crippen LogP contribution in [0.3, 0.4) is 0 Å². The smallest absolute Gasteiger partial charge is 0.210 e. The van der Waals surface area contributed by atoms with Gasteiger partial charge in [-0.05, 0) is 30.0 Å². The summed E-state index contributed by atoms with van der Waals surface area (Å²) < 4.78 is 25.1. The van der Waals surface area contributed by atoms with Crippen LogP contribution < -0.4 is 0 Å². The fourth-order valence-electron chi connectivity index (χ4n) is 2.23. The Labute approximate surface area is 131 Å². The van der Waals surface area contributed by atoms with Crippen LogP contribution >= 0.6 is 0 Å². The number of sulfone groups is 1. The molecule has 0 aliphatic rings. The predicted molar refractivity (Wildman–Crippen MR) is 85.0 cm³/mol. The summed E-state index contributed by atoms with van der Waals surface area (Å²) in [6.07, 6.45) is 0.741. The minimum absolute atomic E-state index is 0.0761. The van der Waals surface area contributed by atoms with Crippen molar-refractivity contribution in [3.8, 4) is 11.5 Å². The zero-order chi connectivity index (χ0) is 16.5. The lowest BCUT2D eigenvalue weighted by atomic mass is 9.81. The number of rotatable bonds is 4. The Morgan fingerprint density at radius 2 is 1.59 bits per heavy atom. The molecule has 22 heavy (non-hydrogen) atoms. The molecule has 0 spiro atoms. The molecule has 0 bridgehead atoms. The normalized spacial score (nSPS) is 12.3. The van der Waals surface area contributed by atoms with Crippen molar-refractivity contribution in [3.63, 3.8) is 0 Å². The van der Waals surface area contributed by atoms with E-state index >= 15 is 0 Å². The van der Waals surface area contributed by atoms with Crippen molar-refractivity contribution in [2.24, 2.45) is 0 Å². The van der Waals surface area contributed by atoms with Crippen LogP contribution in [0.1, 0.15) is 32.8 Å². The second-order valence-corrected chi connectivity index (χ2v) is 7.81. The minimum atomic E-state index is -3.87. The predicted octanol–water partition coefficient (Wildman–Crippen LogP) is 3.62. The van der Waals surface area contributed by atoms with Gasteiger partial charge in [-0.2, -0.15) is 0 Å². The van der Waals surface area contributed by atoms with E-state index in [-0.39, 0.29) is 26.7 Å². The molecule has 0 aliphatic carbocycles. The molecule has 0 unspecified atom stereocenters. The number of hydrogen-bond donors (Lipinski definition) is 2. The number of phenolic OH excluding ortho intramolecular Hbond substituents is 2. The molecule has 0 heterocycles. The fourth-order valence-corrected chi connectivity index (χ4v) is 3.60. The Kier molecular flexibility index (Phi) is 4.20. The third-order valence-corrected chi connectivity index (χ3v) is 5.83. The first-order chi connectivity index (χ1) is 10.2. The molecule has 0 aliphatic heterocycles. The third kappa shape index (κ3) is 2.81. The van der Waals surface area contributed by atoms with Gasteiger partial charge in [-0.25, -0.2) is 8.42 Å². The van der Waals surface area contributed by atoms with Gasteiger partial charge in [0.1, 0.15) is 16.4 Å². The standard InChI is InChI=1S/C17H20O4S/c1-4-17(2,3)13-10-15(19)16(11-14(13)18)22(20,21)12-8-6-5-7-9-12/h5-11,18-19H,4H2,1-3H3. The Morgan fingerprint density at radius 3 is 2.14 bits per heavy atom. The topological polar surface area (TPSA) is 74.6 Å². The summed E-state index contributed by atoms with van der Waals surface area (Å²) in [6, 6.07) is 10.3. The van der Waals surface area contributed by atoms with Crippen LogP contribution in [0.15, 0.2) is 52.3 Å². The van der Waals surface area contributed by atoms with Crippen molar-refractivity contribution in [1.29, 1.82) is 0 Å². The molecule has 2 aromatic carbocycles. The lowest BCUT2D eigenvalue weighted by molar-refractivity contribution is 0.412. The Balaban J connectivity index is 2.62. The lowest BCUT2D eigenvalue weighted by Crippen LogP contribution is -2.16. The molecule has 5 heteroatoms. The van der Waals surface area contributed by atoms with E-state index in [4.69, 9.17) is 0 Å². The molecule has 0 atom stereocenters. The SMILES string of the molecule is CCC(C)(C)c1cc(O)c(S(=O)(=O)c2ccccc2)cc1O. The van der Waals surface area contributed by atoms with E-state index in [2.05, 4.69) is 0 Å². The molecule has 2 aromatic rings. The van der Waals surface area contributed by atoms with Gasteiger partial charge in [0.15, 0.2) is 0 Å². The van der Waals surface area contributed by atoms with E-state index in [0.717, 1.165) is 12.5 Å². The first kappa shape index (κ1) is 16.4. The van der Waals surface area contributed by atoms with Crippen LogP contribution in [-0.4, -0.2) is 18.6 Å². The van der Waals surface area contributed by atoms with E-state index in [9.17, 15) is 18.6 Å². The number of benzene rings is 2. The van der Waals surface area contributed by atoms with Gasteiger partial charge in [0.2, 0.25) is 9.84 Å². The second kappa shape index (κ2) is 5.65. The van der Waals surface area contributed by atoms with Gasteiger partial charge in [-0.3, -0.25) is 0 Å². The number of aromatic hydroxyl groups is 2. The lowest BCUT2D eigenvalue weighted by Gasteiger charge is -2.25. The highest BCUT2D eigenvalue weighted by atomic mass is 32.2. The first-order valence-corrected chi connectivity index (χ1v) is 8.55. The summed E-state index contributed by atoms with van der Waals surface area (Å²) in [5, 5.41) is 20.4. The van der Waals surface area contributed by atoms with Gasteiger partial charge < -0.3 is 10.2 Å². The maximum absolute atomic E-state index is 12.6. The summed E-state index contributed by atoms with van der Waals surface area (Å²) in [5.41, 5.74) is 0.163. The van der Waals surface area contributed by atoms with Crippen LogP contribution in [0, 0.1) is 0 Å². The largest absolute Gasteiger partial charge is 0.508 e. The van der Waals surface area contributed by atoms with Gasteiger partial charge in [0.25, 0.3) is 0 Å². The Morgan fingerprint density at radius 1 is 1.00 bits per heavy atom. The highest BCUT2D eigenvalue weighted by molar-refractivity contribution is 7.91. The van der Waals surface area contributed by atoms with Crippen LogP contribution in [0.4, 0.5) is 0 Å². The van der Waals surface area contributed by atoms with Gasteiger partial charge in [-0.15, -0.1) is 0 Å². The van der Waals surface area contributed by atoms with E-state index in [1.165, 1.54) is 18.2 Å². The summed E-state index contributed by atoms with van der Waals surface area (Å²) in [6.45, 7) is 5.81. The Bertz CT molecular complexity index is 778. The van der Waals surface area contributed by atoms with Gasteiger partial charge in [0.05, 0.1) is 4.90 Å². The number of hydrogen-bond acceptors (Lipinski definition) is 4. The van der Waals surface area contributed by atoms with E-state index in [1.807, 2.05) is 20.8 Å². The fraction of sp³-hybridized carbons (Fsp3) is 0.294. The molecule has 0 saturated carbocycles. The van der Waals surface area contributed by atoms with E-state index in [0.29, 0.717) is 5.56 Å². The number of phenols is 2. The van der Waals surface area contributed by atoms with Gasteiger partial charge >= 0.3 is 0 Å². The molecule has 0 fully saturated rings. The van der Waals surface area contributed by atoms with Gasteiger partial charge in [-0.1, -0.05) is 39.0 Å². The quantitative estimate of drug-likeness (QED) is 0.844. The van der Waals surface area contributed by atoms with Crippen molar-refractivity contribution in [2.45, 2.75) is 42.4 Å². The minimum Gasteiger partial charge on any atom is -0.508 e. The molecular weight excluding hydrogens is 300 g/mol. The zero-order valence-electron chi connectivity index (χ0n) is 12.9. The van der Waals surface area contributed by atoms with Crippen LogP contribution in [-0.2, 0) is 15.3 Å². The van der Waals surface area contributed by atoms with Crippen LogP contribution in [0.2, 0.25) is 0 Å². The Hall–Kier alpha value is -2.01. The summed E-state index contributed by atoms with van der Waals surface area (Å²) in [7, 11) is -3.87. The highest BCUT2D eigenvalue weighted by Gasteiger charge is 2.28. The zero-order valence-corrected chi connectivity index (χ0v) is 13.7. The molecule has 2 rings (SSSR count). The van der Waals surface area contributed by atoms with E-state index < -0.39 is 9.84 Å². The van der Waals surface area contributed by atoms with Crippen molar-refractivity contribution in [1.82, 2.24) is 0 Å². The van der Waals surface area contributed by atoms with Crippen molar-refractivity contribution in [2.75, 3.05) is 0 Å². The molecule has 0 radical (unpaired) electrons. The van der Waals surface area contributed by atoms with Crippen molar-refractivity contribution < 1.29 is 18.6 Å². The molecule has 118 valence electrons. The van der Waals surface area contributed by atoms with E-state index in [1.54, 1.807) is 18.2 Å². The molecule has 4 nitrogen and oxygen atoms in total. The van der Waals surface area contributed by atoms with Crippen LogP contribution in [0.5, 0.6) is 11.5 Å². The van der Waals surface area contributed by atoms with Gasteiger partial charge in [0, 0.05) is 11.6 Å². The average Bonchev–Trinajstić information content (AvgIpc) is 2.49. The summed E-state index contributed by atoms with van der Waals surface area (Å²) >= 11 is 0. The highest BCUT2D eigenvalue weighted by Crippen LogP contribution is 2.40. The summed E-state index contributed by atoms with van der Waals surface area (Å²) in [4.78, 5) is -0.209. The monoisotopic (exact) mass is 320 g/mol.